The summed E-state index contributed by atoms with van der Waals surface area (Å²) in [5, 5.41) is 3.17. The zero-order chi connectivity index (χ0) is 12.3. The lowest BCUT2D eigenvalue weighted by Gasteiger charge is -2.05. The molecule has 2 aromatic rings. The molecule has 0 aliphatic heterocycles. The third-order valence-corrected chi connectivity index (χ3v) is 2.50. The number of nitrogens with zero attached hydrogens (tertiary/aromatic N) is 2. The van der Waals surface area contributed by atoms with Gasteiger partial charge in [-0.25, -0.2) is 14.4 Å². The molecule has 0 saturated heterocycles. The van der Waals surface area contributed by atoms with Crippen molar-refractivity contribution >= 4 is 17.4 Å². The summed E-state index contributed by atoms with van der Waals surface area (Å²) in [4.78, 5) is 8.37. The lowest BCUT2D eigenvalue weighted by molar-refractivity contribution is 0.628. The van der Waals surface area contributed by atoms with Crippen LogP contribution < -0.4 is 5.32 Å². The van der Waals surface area contributed by atoms with Gasteiger partial charge in [0.15, 0.2) is 5.82 Å². The quantitative estimate of drug-likeness (QED) is 0.909. The van der Waals surface area contributed by atoms with Crippen molar-refractivity contribution in [3.8, 4) is 11.4 Å². The van der Waals surface area contributed by atoms with Crippen LogP contribution in [0.15, 0.2) is 30.5 Å². The van der Waals surface area contributed by atoms with Gasteiger partial charge in [-0.2, -0.15) is 0 Å². The van der Waals surface area contributed by atoms with E-state index in [0.717, 1.165) is 6.54 Å². The van der Waals surface area contributed by atoms with Crippen LogP contribution in [-0.2, 0) is 0 Å². The van der Waals surface area contributed by atoms with Crippen molar-refractivity contribution in [1.82, 2.24) is 9.97 Å². The topological polar surface area (TPSA) is 37.8 Å². The summed E-state index contributed by atoms with van der Waals surface area (Å²) in [6.45, 7) is 2.75. The lowest BCUT2D eigenvalue weighted by Crippen LogP contribution is -2.00. The van der Waals surface area contributed by atoms with E-state index in [9.17, 15) is 4.39 Å². The second-order valence-corrected chi connectivity index (χ2v) is 3.83. The first-order valence-corrected chi connectivity index (χ1v) is 5.61. The van der Waals surface area contributed by atoms with Crippen molar-refractivity contribution in [2.45, 2.75) is 6.92 Å². The van der Waals surface area contributed by atoms with Gasteiger partial charge in [0, 0.05) is 18.3 Å². The fraction of sp³-hybridized carbons (Fsp3) is 0.167. The SMILES string of the molecule is CCNc1ccnc(-c2ccc(Cl)c(F)c2)n1. The molecule has 0 atom stereocenters. The molecule has 1 aromatic heterocycles. The third kappa shape index (κ3) is 2.71. The maximum absolute atomic E-state index is 13.3. The molecule has 3 nitrogen and oxygen atoms in total. The van der Waals surface area contributed by atoms with Crippen LogP contribution in [0.4, 0.5) is 10.2 Å². The molecule has 2 rings (SSSR count). The summed E-state index contributed by atoms with van der Waals surface area (Å²) in [6, 6.07) is 6.28. The van der Waals surface area contributed by atoms with E-state index >= 15 is 0 Å². The Hall–Kier alpha value is -1.68. The number of halogens is 2. The second-order valence-electron chi connectivity index (χ2n) is 3.42. The van der Waals surface area contributed by atoms with Crippen molar-refractivity contribution in [1.29, 1.82) is 0 Å². The molecule has 1 N–H and O–H groups in total. The fourth-order valence-electron chi connectivity index (χ4n) is 1.41. The maximum Gasteiger partial charge on any atom is 0.161 e. The molecule has 0 aliphatic carbocycles. The minimum absolute atomic E-state index is 0.0941. The standard InChI is InChI=1S/C12H11ClFN3/c1-2-15-11-5-6-16-12(17-11)8-3-4-9(13)10(14)7-8/h3-7H,2H2,1H3,(H,15,16,17). The molecule has 0 radical (unpaired) electrons. The molecule has 0 unspecified atom stereocenters. The van der Waals surface area contributed by atoms with E-state index in [0.29, 0.717) is 17.2 Å². The van der Waals surface area contributed by atoms with Crippen LogP contribution in [0, 0.1) is 5.82 Å². The molecule has 0 fully saturated rings. The van der Waals surface area contributed by atoms with Crippen LogP contribution >= 0.6 is 11.6 Å². The summed E-state index contributed by atoms with van der Waals surface area (Å²) < 4.78 is 13.3. The van der Waals surface area contributed by atoms with Gasteiger partial charge in [-0.05, 0) is 31.2 Å². The van der Waals surface area contributed by atoms with E-state index in [-0.39, 0.29) is 5.02 Å². The van der Waals surface area contributed by atoms with Gasteiger partial charge in [-0.3, -0.25) is 0 Å². The Morgan fingerprint density at radius 1 is 1.35 bits per heavy atom. The molecule has 5 heteroatoms. The second kappa shape index (κ2) is 5.10. The molecule has 0 bridgehead atoms. The zero-order valence-corrected chi connectivity index (χ0v) is 10.0. The van der Waals surface area contributed by atoms with Gasteiger partial charge < -0.3 is 5.32 Å². The number of aromatic nitrogens is 2. The number of benzene rings is 1. The normalized spacial score (nSPS) is 10.3. The molecule has 0 saturated carbocycles. The first kappa shape index (κ1) is 11.8. The summed E-state index contributed by atoms with van der Waals surface area (Å²) in [6.07, 6.45) is 1.63. The van der Waals surface area contributed by atoms with Gasteiger partial charge in [-0.15, -0.1) is 0 Å². The zero-order valence-electron chi connectivity index (χ0n) is 9.24. The van der Waals surface area contributed by atoms with Gasteiger partial charge in [0.1, 0.15) is 11.6 Å². The monoisotopic (exact) mass is 251 g/mol. The highest BCUT2D eigenvalue weighted by molar-refractivity contribution is 6.30. The van der Waals surface area contributed by atoms with E-state index in [1.165, 1.54) is 12.1 Å². The summed E-state index contributed by atoms with van der Waals surface area (Å²) >= 11 is 5.62. The van der Waals surface area contributed by atoms with E-state index in [4.69, 9.17) is 11.6 Å². The van der Waals surface area contributed by atoms with Crippen molar-refractivity contribution in [2.75, 3.05) is 11.9 Å². The van der Waals surface area contributed by atoms with Crippen LogP contribution in [0.3, 0.4) is 0 Å². The fourth-order valence-corrected chi connectivity index (χ4v) is 1.53. The predicted octanol–water partition coefficient (Wildman–Crippen LogP) is 3.37. The number of hydrogen-bond donors (Lipinski definition) is 1. The van der Waals surface area contributed by atoms with E-state index in [1.807, 2.05) is 6.92 Å². The Morgan fingerprint density at radius 2 is 2.18 bits per heavy atom. The summed E-state index contributed by atoms with van der Waals surface area (Å²) in [5.74, 6) is 0.716. The lowest BCUT2D eigenvalue weighted by atomic mass is 10.2. The minimum Gasteiger partial charge on any atom is -0.370 e. The Kier molecular flexibility index (Phi) is 3.54. The Bertz CT molecular complexity index is 531. The predicted molar refractivity (Wildman–Crippen MR) is 66.6 cm³/mol. The molecule has 0 amide bonds. The number of anilines is 1. The average molecular weight is 252 g/mol. The van der Waals surface area contributed by atoms with Crippen molar-refractivity contribution in [3.63, 3.8) is 0 Å². The number of rotatable bonds is 3. The van der Waals surface area contributed by atoms with Gasteiger partial charge >= 0.3 is 0 Å². The largest absolute Gasteiger partial charge is 0.370 e. The van der Waals surface area contributed by atoms with E-state index < -0.39 is 5.82 Å². The van der Waals surface area contributed by atoms with Crippen LogP contribution in [0.2, 0.25) is 5.02 Å². The first-order chi connectivity index (χ1) is 8.20. The third-order valence-electron chi connectivity index (χ3n) is 2.19. The molecule has 88 valence electrons. The molecule has 0 aliphatic rings. The smallest absolute Gasteiger partial charge is 0.161 e. The van der Waals surface area contributed by atoms with Crippen molar-refractivity contribution in [2.24, 2.45) is 0 Å². The highest BCUT2D eigenvalue weighted by atomic mass is 35.5. The number of hydrogen-bond acceptors (Lipinski definition) is 3. The Morgan fingerprint density at radius 3 is 2.88 bits per heavy atom. The highest BCUT2D eigenvalue weighted by Crippen LogP contribution is 2.22. The summed E-state index contributed by atoms with van der Waals surface area (Å²) in [5.41, 5.74) is 0.603. The van der Waals surface area contributed by atoms with Gasteiger partial charge in [0.05, 0.1) is 5.02 Å². The van der Waals surface area contributed by atoms with Crippen molar-refractivity contribution in [3.05, 3.63) is 41.3 Å². The Balaban J connectivity index is 2.38. The molecule has 17 heavy (non-hydrogen) atoms. The van der Waals surface area contributed by atoms with Crippen LogP contribution in [0.5, 0.6) is 0 Å². The molecule has 1 aromatic carbocycles. The van der Waals surface area contributed by atoms with Gasteiger partial charge in [0.25, 0.3) is 0 Å². The van der Waals surface area contributed by atoms with E-state index in [2.05, 4.69) is 15.3 Å². The Labute approximate surface area is 104 Å². The van der Waals surface area contributed by atoms with Crippen LogP contribution in [-0.4, -0.2) is 16.5 Å². The van der Waals surface area contributed by atoms with Crippen LogP contribution in [0.25, 0.3) is 11.4 Å². The molecule has 0 spiro atoms. The van der Waals surface area contributed by atoms with Crippen molar-refractivity contribution < 1.29 is 4.39 Å². The average Bonchev–Trinajstić information content (AvgIpc) is 2.33. The van der Waals surface area contributed by atoms with Gasteiger partial charge in [0.2, 0.25) is 0 Å². The molecular weight excluding hydrogens is 241 g/mol. The molecule has 1 heterocycles. The number of nitrogens with one attached hydrogen (secondary N) is 1. The van der Waals surface area contributed by atoms with Crippen LogP contribution in [0.1, 0.15) is 6.92 Å². The van der Waals surface area contributed by atoms with Gasteiger partial charge in [-0.1, -0.05) is 11.6 Å². The highest BCUT2D eigenvalue weighted by Gasteiger charge is 2.06. The minimum atomic E-state index is -0.471. The maximum atomic E-state index is 13.3. The van der Waals surface area contributed by atoms with E-state index in [1.54, 1.807) is 18.3 Å². The molecular formula is C12H11ClFN3. The first-order valence-electron chi connectivity index (χ1n) is 5.23. The summed E-state index contributed by atoms with van der Waals surface area (Å²) in [7, 11) is 0.